The number of nitrogens with one attached hydrogen (secondary N) is 1. The molecule has 2 aromatic rings. The zero-order chi connectivity index (χ0) is 13.9. The number of halogens is 2. The Hall–Kier alpha value is -1.75. The van der Waals surface area contributed by atoms with E-state index in [0.717, 1.165) is 22.7 Å². The summed E-state index contributed by atoms with van der Waals surface area (Å²) in [6, 6.07) is 10.7. The van der Waals surface area contributed by atoms with Crippen LogP contribution in [-0.2, 0) is 6.54 Å². The van der Waals surface area contributed by atoms with E-state index in [1.54, 1.807) is 12.1 Å². The van der Waals surface area contributed by atoms with Gasteiger partial charge in [-0.2, -0.15) is 0 Å². The summed E-state index contributed by atoms with van der Waals surface area (Å²) in [6.07, 6.45) is 0. The highest BCUT2D eigenvalue weighted by atomic mass is 79.9. The molecule has 20 heavy (non-hydrogen) atoms. The Labute approximate surface area is 124 Å². The highest BCUT2D eigenvalue weighted by Gasteiger charge is 2.11. The Balaban J connectivity index is 1.70. The first-order valence-electron chi connectivity index (χ1n) is 6.30. The predicted molar refractivity (Wildman–Crippen MR) is 78.9 cm³/mol. The highest BCUT2D eigenvalue weighted by molar-refractivity contribution is 9.10. The van der Waals surface area contributed by atoms with Gasteiger partial charge in [-0.05, 0) is 51.8 Å². The number of anilines is 1. The molecule has 0 saturated carbocycles. The van der Waals surface area contributed by atoms with Crippen LogP contribution in [0.5, 0.6) is 11.5 Å². The quantitative estimate of drug-likeness (QED) is 0.919. The van der Waals surface area contributed by atoms with Crippen LogP contribution >= 0.6 is 15.9 Å². The molecule has 0 aliphatic carbocycles. The molecule has 104 valence electrons. The lowest BCUT2D eigenvalue weighted by Crippen LogP contribution is -2.15. The molecular weight excluding hydrogens is 325 g/mol. The zero-order valence-electron chi connectivity index (χ0n) is 10.7. The minimum absolute atomic E-state index is 0.269. The largest absolute Gasteiger partial charge is 0.486 e. The van der Waals surface area contributed by atoms with Crippen LogP contribution in [0.2, 0.25) is 0 Å². The van der Waals surface area contributed by atoms with Gasteiger partial charge in [-0.15, -0.1) is 0 Å². The molecular formula is C15H13BrFNO2. The summed E-state index contributed by atoms with van der Waals surface area (Å²) >= 11 is 3.17. The second-order valence-corrected chi connectivity index (χ2v) is 5.31. The Morgan fingerprint density at radius 3 is 2.65 bits per heavy atom. The molecule has 1 aliphatic heterocycles. The molecule has 0 spiro atoms. The Kier molecular flexibility index (Phi) is 3.78. The van der Waals surface area contributed by atoms with Crippen molar-refractivity contribution in [3.63, 3.8) is 0 Å². The van der Waals surface area contributed by atoms with Crippen molar-refractivity contribution in [2.45, 2.75) is 6.54 Å². The van der Waals surface area contributed by atoms with Crippen molar-refractivity contribution in [1.29, 1.82) is 0 Å². The summed E-state index contributed by atoms with van der Waals surface area (Å²) in [4.78, 5) is 0. The van der Waals surface area contributed by atoms with Crippen LogP contribution in [0.3, 0.4) is 0 Å². The van der Waals surface area contributed by atoms with Gasteiger partial charge in [-0.25, -0.2) is 4.39 Å². The summed E-state index contributed by atoms with van der Waals surface area (Å²) in [5.74, 6) is 1.29. The number of ether oxygens (including phenoxy) is 2. The van der Waals surface area contributed by atoms with E-state index in [2.05, 4.69) is 21.2 Å². The first-order chi connectivity index (χ1) is 9.72. The maximum atomic E-state index is 13.1. The third-order valence-corrected chi connectivity index (χ3v) is 3.63. The lowest BCUT2D eigenvalue weighted by Gasteiger charge is -2.19. The average molecular weight is 338 g/mol. The monoisotopic (exact) mass is 337 g/mol. The standard InChI is InChI=1S/C15H13BrFNO2/c16-12-8-11(2-3-13(12)17)18-9-10-1-4-14-15(7-10)20-6-5-19-14/h1-4,7-8,18H,5-6,9H2. The van der Waals surface area contributed by atoms with E-state index >= 15 is 0 Å². The summed E-state index contributed by atoms with van der Waals surface area (Å²) in [7, 11) is 0. The zero-order valence-corrected chi connectivity index (χ0v) is 12.2. The third kappa shape index (κ3) is 2.88. The van der Waals surface area contributed by atoms with Gasteiger partial charge in [0.15, 0.2) is 11.5 Å². The van der Waals surface area contributed by atoms with Crippen molar-refractivity contribution in [2.75, 3.05) is 18.5 Å². The SMILES string of the molecule is Fc1ccc(NCc2ccc3c(c2)OCCO3)cc1Br. The summed E-state index contributed by atoms with van der Waals surface area (Å²) in [5.41, 5.74) is 1.93. The lowest BCUT2D eigenvalue weighted by atomic mass is 10.2. The molecule has 0 atom stereocenters. The van der Waals surface area contributed by atoms with E-state index in [1.165, 1.54) is 6.07 Å². The maximum absolute atomic E-state index is 13.1. The summed E-state index contributed by atoms with van der Waals surface area (Å²) in [5, 5.41) is 3.24. The van der Waals surface area contributed by atoms with Crippen LogP contribution in [0.15, 0.2) is 40.9 Å². The van der Waals surface area contributed by atoms with Crippen molar-refractivity contribution < 1.29 is 13.9 Å². The molecule has 0 aromatic heterocycles. The van der Waals surface area contributed by atoms with Crippen LogP contribution in [0, 0.1) is 5.82 Å². The second-order valence-electron chi connectivity index (χ2n) is 4.46. The van der Waals surface area contributed by atoms with Gasteiger partial charge in [0.25, 0.3) is 0 Å². The molecule has 0 fully saturated rings. The van der Waals surface area contributed by atoms with Crippen LogP contribution in [0.4, 0.5) is 10.1 Å². The predicted octanol–water partition coefficient (Wildman–Crippen LogP) is 3.97. The Morgan fingerprint density at radius 2 is 1.85 bits per heavy atom. The fraction of sp³-hybridized carbons (Fsp3) is 0.200. The van der Waals surface area contributed by atoms with Gasteiger partial charge in [0.05, 0.1) is 4.47 Å². The molecule has 3 nitrogen and oxygen atoms in total. The smallest absolute Gasteiger partial charge is 0.161 e. The van der Waals surface area contributed by atoms with Crippen LogP contribution < -0.4 is 14.8 Å². The minimum atomic E-state index is -0.269. The normalized spacial score (nSPS) is 13.1. The molecule has 3 rings (SSSR count). The topological polar surface area (TPSA) is 30.5 Å². The number of hydrogen-bond donors (Lipinski definition) is 1. The van der Waals surface area contributed by atoms with Crippen molar-refractivity contribution >= 4 is 21.6 Å². The fourth-order valence-electron chi connectivity index (χ4n) is 2.01. The van der Waals surface area contributed by atoms with E-state index in [4.69, 9.17) is 9.47 Å². The highest BCUT2D eigenvalue weighted by Crippen LogP contribution is 2.31. The van der Waals surface area contributed by atoms with Gasteiger partial charge >= 0.3 is 0 Å². The molecule has 1 heterocycles. The third-order valence-electron chi connectivity index (χ3n) is 3.02. The van der Waals surface area contributed by atoms with Crippen molar-refractivity contribution in [2.24, 2.45) is 0 Å². The van der Waals surface area contributed by atoms with Crippen LogP contribution in [0.1, 0.15) is 5.56 Å². The average Bonchev–Trinajstić information content (AvgIpc) is 2.48. The summed E-state index contributed by atoms with van der Waals surface area (Å²) in [6.45, 7) is 1.80. The molecule has 5 heteroatoms. The van der Waals surface area contributed by atoms with Crippen molar-refractivity contribution in [3.05, 3.63) is 52.3 Å². The van der Waals surface area contributed by atoms with Crippen LogP contribution in [0.25, 0.3) is 0 Å². The van der Waals surface area contributed by atoms with Gasteiger partial charge in [0.2, 0.25) is 0 Å². The van der Waals surface area contributed by atoms with Crippen molar-refractivity contribution in [3.8, 4) is 11.5 Å². The van der Waals surface area contributed by atoms with Gasteiger partial charge in [0.1, 0.15) is 19.0 Å². The molecule has 0 amide bonds. The first kappa shape index (κ1) is 13.2. The van der Waals surface area contributed by atoms with Gasteiger partial charge in [0, 0.05) is 12.2 Å². The molecule has 1 aliphatic rings. The van der Waals surface area contributed by atoms with Crippen LogP contribution in [-0.4, -0.2) is 13.2 Å². The number of rotatable bonds is 3. The Bertz CT molecular complexity index is 633. The molecule has 2 aromatic carbocycles. The molecule has 0 saturated heterocycles. The van der Waals surface area contributed by atoms with E-state index in [1.807, 2.05) is 18.2 Å². The molecule has 0 radical (unpaired) electrons. The van der Waals surface area contributed by atoms with E-state index < -0.39 is 0 Å². The second kappa shape index (κ2) is 5.71. The molecule has 0 bridgehead atoms. The van der Waals surface area contributed by atoms with Gasteiger partial charge < -0.3 is 14.8 Å². The van der Waals surface area contributed by atoms with Gasteiger partial charge in [-0.1, -0.05) is 6.07 Å². The lowest BCUT2D eigenvalue weighted by molar-refractivity contribution is 0.171. The molecule has 1 N–H and O–H groups in total. The summed E-state index contributed by atoms with van der Waals surface area (Å²) < 4.78 is 24.6. The van der Waals surface area contributed by atoms with Crippen molar-refractivity contribution in [1.82, 2.24) is 0 Å². The minimum Gasteiger partial charge on any atom is -0.486 e. The maximum Gasteiger partial charge on any atom is 0.161 e. The fourth-order valence-corrected chi connectivity index (χ4v) is 2.39. The van der Waals surface area contributed by atoms with E-state index in [0.29, 0.717) is 24.2 Å². The van der Waals surface area contributed by atoms with E-state index in [-0.39, 0.29) is 5.82 Å². The number of hydrogen-bond acceptors (Lipinski definition) is 3. The van der Waals surface area contributed by atoms with E-state index in [9.17, 15) is 4.39 Å². The number of benzene rings is 2. The number of fused-ring (bicyclic) bond motifs is 1. The first-order valence-corrected chi connectivity index (χ1v) is 7.09. The Morgan fingerprint density at radius 1 is 1.05 bits per heavy atom. The van der Waals surface area contributed by atoms with Gasteiger partial charge in [-0.3, -0.25) is 0 Å². The molecule has 0 unspecified atom stereocenters.